The number of rotatable bonds is 7. The Morgan fingerprint density at radius 2 is 2.21 bits per heavy atom. The van der Waals surface area contributed by atoms with Gasteiger partial charge < -0.3 is 14.8 Å². The van der Waals surface area contributed by atoms with Gasteiger partial charge in [-0.1, -0.05) is 11.6 Å². The van der Waals surface area contributed by atoms with Crippen molar-refractivity contribution in [2.45, 2.75) is 19.3 Å². The molecule has 148 valence electrons. The average Bonchev–Trinajstić information content (AvgIpc) is 3.29. The number of anilines is 2. The Hall–Kier alpha value is -2.65. The second-order valence-corrected chi connectivity index (χ2v) is 7.27. The molecule has 2 aromatic rings. The number of aromatic nitrogens is 1. The van der Waals surface area contributed by atoms with Crippen molar-refractivity contribution in [1.82, 2.24) is 4.98 Å². The van der Waals surface area contributed by atoms with E-state index in [0.717, 1.165) is 6.42 Å². The third-order valence-electron chi connectivity index (χ3n) is 3.97. The van der Waals surface area contributed by atoms with Crippen LogP contribution in [0.5, 0.6) is 5.75 Å². The van der Waals surface area contributed by atoms with E-state index in [1.165, 1.54) is 24.5 Å². The van der Waals surface area contributed by atoms with Gasteiger partial charge in [0.15, 0.2) is 11.7 Å². The Balaban J connectivity index is 1.49. The molecule has 0 saturated carbocycles. The molecule has 1 fully saturated rings. The maximum absolute atomic E-state index is 12.0. The van der Waals surface area contributed by atoms with Gasteiger partial charge in [-0.3, -0.25) is 19.3 Å². The summed E-state index contributed by atoms with van der Waals surface area (Å²) in [6, 6.07) is 4.79. The van der Waals surface area contributed by atoms with Crippen LogP contribution in [0.1, 0.15) is 18.5 Å². The van der Waals surface area contributed by atoms with Gasteiger partial charge in [0.1, 0.15) is 5.75 Å². The smallest absolute Gasteiger partial charge is 0.312 e. The molecule has 2 heterocycles. The number of hydrogen-bond acceptors (Lipinski definition) is 7. The van der Waals surface area contributed by atoms with Gasteiger partial charge in [0.05, 0.1) is 24.9 Å². The van der Waals surface area contributed by atoms with Crippen LogP contribution in [0.2, 0.25) is 5.02 Å². The Labute approximate surface area is 170 Å². The lowest BCUT2D eigenvalue weighted by Crippen LogP contribution is -2.23. The Bertz CT molecular complexity index is 901. The Kier molecular flexibility index (Phi) is 6.48. The molecule has 1 aromatic heterocycles. The van der Waals surface area contributed by atoms with Crippen molar-refractivity contribution in [3.8, 4) is 5.75 Å². The fourth-order valence-corrected chi connectivity index (χ4v) is 3.70. The van der Waals surface area contributed by atoms with E-state index in [2.05, 4.69) is 10.3 Å². The predicted molar refractivity (Wildman–Crippen MR) is 105 cm³/mol. The highest BCUT2D eigenvalue weighted by Crippen LogP contribution is 2.28. The molecule has 1 aliphatic heterocycles. The summed E-state index contributed by atoms with van der Waals surface area (Å²) in [6.07, 6.45) is 1.25. The minimum Gasteiger partial charge on any atom is -0.495 e. The molecular weight excluding hydrogens is 406 g/mol. The van der Waals surface area contributed by atoms with E-state index in [9.17, 15) is 14.4 Å². The van der Waals surface area contributed by atoms with E-state index >= 15 is 0 Å². The zero-order valence-corrected chi connectivity index (χ0v) is 16.6. The van der Waals surface area contributed by atoms with Crippen molar-refractivity contribution in [3.63, 3.8) is 0 Å². The molecule has 8 nitrogen and oxygen atoms in total. The minimum absolute atomic E-state index is 0.0385. The summed E-state index contributed by atoms with van der Waals surface area (Å²) in [5, 5.41) is 5.31. The summed E-state index contributed by atoms with van der Waals surface area (Å²) in [4.78, 5) is 41.7. The van der Waals surface area contributed by atoms with Crippen LogP contribution in [0.25, 0.3) is 0 Å². The van der Waals surface area contributed by atoms with Crippen molar-refractivity contribution in [1.29, 1.82) is 0 Å². The molecule has 0 spiro atoms. The average molecular weight is 424 g/mol. The summed E-state index contributed by atoms with van der Waals surface area (Å²) in [7, 11) is 1.47. The van der Waals surface area contributed by atoms with Crippen molar-refractivity contribution in [2.75, 3.05) is 30.5 Å². The number of carbonyl (C=O) groups is 3. The fourth-order valence-electron chi connectivity index (χ4n) is 2.66. The number of nitrogens with zero attached hydrogens (tertiary/aromatic N) is 2. The molecule has 2 amide bonds. The highest BCUT2D eigenvalue weighted by atomic mass is 35.5. The van der Waals surface area contributed by atoms with Crippen LogP contribution in [0, 0.1) is 0 Å². The topological polar surface area (TPSA) is 97.8 Å². The molecule has 0 bridgehead atoms. The van der Waals surface area contributed by atoms with E-state index in [-0.39, 0.29) is 12.3 Å². The maximum Gasteiger partial charge on any atom is 0.312 e. The van der Waals surface area contributed by atoms with E-state index < -0.39 is 18.5 Å². The molecule has 0 unspecified atom stereocenters. The molecule has 0 atom stereocenters. The van der Waals surface area contributed by atoms with Crippen molar-refractivity contribution < 1.29 is 23.9 Å². The van der Waals surface area contributed by atoms with Gasteiger partial charge in [0, 0.05) is 23.4 Å². The summed E-state index contributed by atoms with van der Waals surface area (Å²) in [5.41, 5.74) is 0.886. The lowest BCUT2D eigenvalue weighted by Gasteiger charge is -2.11. The number of thiazole rings is 1. The van der Waals surface area contributed by atoms with Crippen molar-refractivity contribution >= 4 is 51.5 Å². The molecule has 0 aliphatic carbocycles. The van der Waals surface area contributed by atoms with Gasteiger partial charge >= 0.3 is 5.97 Å². The van der Waals surface area contributed by atoms with Gasteiger partial charge in [-0.2, -0.15) is 0 Å². The SMILES string of the molecule is COc1ccc(Cl)cc1NC(=O)COC(=O)Cc1csc(N2CCCC2=O)n1. The second kappa shape index (κ2) is 9.03. The standard InChI is InChI=1S/C18H18ClN3O5S/c1-26-14-5-4-11(19)7-13(14)21-15(23)9-27-17(25)8-12-10-28-18(20-12)22-6-2-3-16(22)24/h4-5,7,10H,2-3,6,8-9H2,1H3,(H,21,23). The zero-order valence-electron chi connectivity index (χ0n) is 15.1. The highest BCUT2D eigenvalue weighted by Gasteiger charge is 2.24. The minimum atomic E-state index is -0.585. The van der Waals surface area contributed by atoms with Crippen molar-refractivity contribution in [2.24, 2.45) is 0 Å². The van der Waals surface area contributed by atoms with Crippen LogP contribution in [-0.2, 0) is 25.5 Å². The van der Waals surface area contributed by atoms with Crippen LogP contribution in [0.4, 0.5) is 10.8 Å². The molecule has 10 heteroatoms. The molecular formula is C18H18ClN3O5S. The van der Waals surface area contributed by atoms with Gasteiger partial charge in [0.2, 0.25) is 5.91 Å². The first-order valence-corrected chi connectivity index (χ1v) is 9.76. The number of carbonyl (C=O) groups excluding carboxylic acids is 3. The zero-order chi connectivity index (χ0) is 20.1. The lowest BCUT2D eigenvalue weighted by atomic mass is 10.3. The normalized spacial score (nSPS) is 13.5. The third-order valence-corrected chi connectivity index (χ3v) is 5.12. The number of hydrogen-bond donors (Lipinski definition) is 1. The molecule has 1 saturated heterocycles. The van der Waals surface area contributed by atoms with Gasteiger partial charge in [0.25, 0.3) is 5.91 Å². The molecule has 1 N–H and O–H groups in total. The first-order chi connectivity index (χ1) is 13.5. The number of methoxy groups -OCH3 is 1. The van der Waals surface area contributed by atoms with Crippen LogP contribution >= 0.6 is 22.9 Å². The first-order valence-electron chi connectivity index (χ1n) is 8.50. The number of benzene rings is 1. The molecule has 28 heavy (non-hydrogen) atoms. The number of ether oxygens (including phenoxy) is 2. The third kappa shape index (κ3) is 4.99. The molecule has 0 radical (unpaired) electrons. The van der Waals surface area contributed by atoms with Gasteiger partial charge in [-0.15, -0.1) is 11.3 Å². The van der Waals surface area contributed by atoms with Crippen molar-refractivity contribution in [3.05, 3.63) is 34.3 Å². The quantitative estimate of drug-likeness (QED) is 0.687. The van der Waals surface area contributed by atoms with Gasteiger partial charge in [-0.25, -0.2) is 4.98 Å². The van der Waals surface area contributed by atoms with Crippen LogP contribution in [-0.4, -0.2) is 43.0 Å². The van der Waals surface area contributed by atoms with Crippen LogP contribution < -0.4 is 15.0 Å². The number of nitrogens with one attached hydrogen (secondary N) is 1. The summed E-state index contributed by atoms with van der Waals surface area (Å²) in [6.45, 7) is 0.194. The maximum atomic E-state index is 12.0. The fraction of sp³-hybridized carbons (Fsp3) is 0.333. The second-order valence-electron chi connectivity index (χ2n) is 6.00. The number of halogens is 1. The number of amides is 2. The summed E-state index contributed by atoms with van der Waals surface area (Å²) in [5.74, 6) is -0.625. The van der Waals surface area contributed by atoms with Crippen LogP contribution in [0.3, 0.4) is 0 Å². The van der Waals surface area contributed by atoms with E-state index in [1.807, 2.05) is 0 Å². The largest absolute Gasteiger partial charge is 0.495 e. The molecule has 3 rings (SSSR count). The van der Waals surface area contributed by atoms with Crippen LogP contribution in [0.15, 0.2) is 23.6 Å². The van der Waals surface area contributed by atoms with E-state index in [4.69, 9.17) is 21.1 Å². The molecule has 1 aliphatic rings. The Morgan fingerprint density at radius 3 is 2.93 bits per heavy atom. The van der Waals surface area contributed by atoms with E-state index in [1.54, 1.807) is 22.4 Å². The summed E-state index contributed by atoms with van der Waals surface area (Å²) < 4.78 is 10.1. The lowest BCUT2D eigenvalue weighted by molar-refractivity contribution is -0.146. The Morgan fingerprint density at radius 1 is 1.39 bits per heavy atom. The monoisotopic (exact) mass is 423 g/mol. The summed E-state index contributed by atoms with van der Waals surface area (Å²) >= 11 is 7.22. The number of esters is 1. The van der Waals surface area contributed by atoms with E-state index in [0.29, 0.717) is 40.3 Å². The predicted octanol–water partition coefficient (Wildman–Crippen LogP) is 2.66. The van der Waals surface area contributed by atoms with Gasteiger partial charge in [-0.05, 0) is 24.6 Å². The first kappa shape index (κ1) is 20.1. The highest BCUT2D eigenvalue weighted by molar-refractivity contribution is 7.14. The molecule has 1 aromatic carbocycles.